The van der Waals surface area contributed by atoms with Crippen molar-refractivity contribution in [1.29, 1.82) is 0 Å². The number of carbonyl (C=O) groups is 3. The standard InChI is InChI=1S/C62H57NO12S/c64-58-48-32-18-19-33-49(48)59(65)63(58)52-55-54(51(40-68-35-42-22-8-2-9-23-42)73-62(52)76-46-29-14-5-15-30-46)75-61-57(71-38-45-28-16-17-31-47(45)60(66)74-55)56(70-37-44-26-12-4-13-27-44)53(69-36-43-24-10-3-11-25-43)50(72-61)39-67-34-41-20-6-1-7-21-41/h1-33,50-57,61-62H,34-40H2/t50-,51-,52-,53-,54-,55-,56+,57-,61-,62+/m1/s1. The van der Waals surface area contributed by atoms with E-state index in [-0.39, 0.29) is 62.9 Å². The molecule has 2 amide bonds. The largest absolute Gasteiger partial charge is 0.454 e. The number of fused-ring (bicyclic) bond motifs is 4. The maximum atomic E-state index is 15.1. The Bertz CT molecular complexity index is 2990. The molecule has 11 rings (SSSR count). The molecule has 7 aromatic rings. The number of carbonyl (C=O) groups excluding carboxylic acids is 3. The number of amides is 2. The molecule has 2 saturated heterocycles. The van der Waals surface area contributed by atoms with Gasteiger partial charge in [-0.15, -0.1) is 0 Å². The zero-order valence-electron chi connectivity index (χ0n) is 41.5. The molecule has 76 heavy (non-hydrogen) atoms. The van der Waals surface area contributed by atoms with E-state index in [0.717, 1.165) is 27.1 Å². The van der Waals surface area contributed by atoms with Crippen LogP contribution in [0.15, 0.2) is 205 Å². The van der Waals surface area contributed by atoms with Crippen LogP contribution in [0.5, 0.6) is 0 Å². The molecule has 0 bridgehead atoms. The van der Waals surface area contributed by atoms with Crippen LogP contribution in [0, 0.1) is 0 Å². The third-order valence-electron chi connectivity index (χ3n) is 13.9. The van der Waals surface area contributed by atoms with E-state index in [9.17, 15) is 9.59 Å². The molecule has 4 aliphatic heterocycles. The number of hydrogen-bond acceptors (Lipinski definition) is 13. The van der Waals surface area contributed by atoms with E-state index in [1.165, 1.54) is 16.7 Å². The number of ether oxygens (including phenoxy) is 9. The Kier molecular flexibility index (Phi) is 16.5. The summed E-state index contributed by atoms with van der Waals surface area (Å²) in [5, 5.41) is 0. The van der Waals surface area contributed by atoms with Crippen molar-refractivity contribution in [3.8, 4) is 0 Å². The molecule has 13 nitrogen and oxygen atoms in total. The van der Waals surface area contributed by atoms with Crippen LogP contribution in [0.4, 0.5) is 0 Å². The maximum absolute atomic E-state index is 15.1. The van der Waals surface area contributed by atoms with E-state index in [0.29, 0.717) is 5.56 Å². The number of hydrogen-bond donors (Lipinski definition) is 0. The van der Waals surface area contributed by atoms with E-state index in [2.05, 4.69) is 0 Å². The van der Waals surface area contributed by atoms with Crippen LogP contribution in [0.3, 0.4) is 0 Å². The Hall–Kier alpha value is -6.82. The zero-order valence-corrected chi connectivity index (χ0v) is 42.3. The van der Waals surface area contributed by atoms with Gasteiger partial charge < -0.3 is 42.6 Å². The van der Waals surface area contributed by atoms with Gasteiger partial charge in [0.1, 0.15) is 48.1 Å². The van der Waals surface area contributed by atoms with Crippen LogP contribution >= 0.6 is 11.8 Å². The van der Waals surface area contributed by atoms with Crippen LogP contribution in [0.2, 0.25) is 0 Å². The van der Waals surface area contributed by atoms with Crippen molar-refractivity contribution in [1.82, 2.24) is 4.90 Å². The first kappa shape index (κ1) is 51.3. The molecular formula is C62H57NO12S. The average molecular weight is 1040 g/mol. The summed E-state index contributed by atoms with van der Waals surface area (Å²) in [4.78, 5) is 46.8. The highest BCUT2D eigenvalue weighted by molar-refractivity contribution is 7.99. The molecule has 14 heteroatoms. The number of esters is 1. The van der Waals surface area contributed by atoms with Gasteiger partial charge in [0.15, 0.2) is 12.4 Å². The van der Waals surface area contributed by atoms with Gasteiger partial charge in [0.05, 0.1) is 62.9 Å². The first-order chi connectivity index (χ1) is 37.4. The lowest BCUT2D eigenvalue weighted by molar-refractivity contribution is -0.353. The summed E-state index contributed by atoms with van der Waals surface area (Å²) < 4.78 is 62.6. The zero-order chi connectivity index (χ0) is 51.6. The molecular weight excluding hydrogens is 983 g/mol. The quantitative estimate of drug-likeness (QED) is 0.0633. The van der Waals surface area contributed by atoms with Gasteiger partial charge in [-0.25, -0.2) is 4.79 Å². The van der Waals surface area contributed by atoms with Gasteiger partial charge >= 0.3 is 5.97 Å². The minimum Gasteiger partial charge on any atom is -0.454 e. The SMILES string of the molecule is O=C1O[C@H]2[C@H](O[C@H]3O[C@H](COCc4ccccc4)[C@@H](OCc4ccccc4)[C@H](OCc4ccccc4)[C@H]3OCc3ccccc31)[C@@H](COCc1ccccc1)O[C@@H](Sc1ccccc1)[C@@H]2N1C(=O)c2ccccc2C1=O. The summed E-state index contributed by atoms with van der Waals surface area (Å²) >= 11 is 1.30. The van der Waals surface area contributed by atoms with Crippen molar-refractivity contribution < 1.29 is 57.0 Å². The van der Waals surface area contributed by atoms with Crippen LogP contribution in [-0.4, -0.2) is 96.4 Å². The Labute approximate surface area is 445 Å². The average Bonchev–Trinajstić information content (AvgIpc) is 3.82. The van der Waals surface area contributed by atoms with Crippen molar-refractivity contribution >= 4 is 29.5 Å². The highest BCUT2D eigenvalue weighted by atomic mass is 32.2. The second kappa shape index (κ2) is 24.5. The fourth-order valence-corrected chi connectivity index (χ4v) is 11.3. The lowest BCUT2D eigenvalue weighted by atomic mass is 9.94. The van der Waals surface area contributed by atoms with Crippen LogP contribution in [0.1, 0.15) is 58.9 Å². The molecule has 0 aliphatic carbocycles. The Morgan fingerprint density at radius 3 is 1.50 bits per heavy atom. The predicted molar refractivity (Wildman–Crippen MR) is 282 cm³/mol. The smallest absolute Gasteiger partial charge is 0.338 e. The summed E-state index contributed by atoms with van der Waals surface area (Å²) in [5.74, 6) is -1.84. The second-order valence-corrected chi connectivity index (χ2v) is 20.1. The van der Waals surface area contributed by atoms with Gasteiger partial charge in [-0.05, 0) is 58.1 Å². The summed E-state index contributed by atoms with van der Waals surface area (Å²) in [5.41, 5.74) is 3.90. The number of nitrogens with zero attached hydrogens (tertiary/aromatic N) is 1. The van der Waals surface area contributed by atoms with E-state index >= 15 is 4.79 Å². The van der Waals surface area contributed by atoms with Gasteiger partial charge in [0.2, 0.25) is 0 Å². The highest BCUT2D eigenvalue weighted by Gasteiger charge is 2.59. The summed E-state index contributed by atoms with van der Waals surface area (Å²) in [6.07, 6.45) is -8.51. The lowest BCUT2D eigenvalue weighted by Gasteiger charge is -2.51. The van der Waals surface area contributed by atoms with Crippen LogP contribution in [-0.2, 0) is 75.7 Å². The third kappa shape index (κ3) is 11.8. The lowest BCUT2D eigenvalue weighted by Crippen LogP contribution is -2.68. The van der Waals surface area contributed by atoms with Crippen LogP contribution < -0.4 is 0 Å². The Balaban J connectivity index is 1.04. The summed E-state index contributed by atoms with van der Waals surface area (Å²) in [6, 6.07) is 61.2. The monoisotopic (exact) mass is 1040 g/mol. The van der Waals surface area contributed by atoms with Crippen molar-refractivity contribution in [2.75, 3.05) is 13.2 Å². The molecule has 4 aliphatic rings. The second-order valence-electron chi connectivity index (χ2n) is 19.0. The first-order valence-corrected chi connectivity index (χ1v) is 26.4. The molecule has 7 aromatic carbocycles. The predicted octanol–water partition coefficient (Wildman–Crippen LogP) is 10.0. The summed E-state index contributed by atoms with van der Waals surface area (Å²) in [6.45, 7) is 0.766. The molecule has 0 radical (unpaired) electrons. The highest BCUT2D eigenvalue weighted by Crippen LogP contribution is 2.43. The van der Waals surface area contributed by atoms with Gasteiger partial charge in [0, 0.05) is 4.90 Å². The normalized spacial score (nSPS) is 25.3. The van der Waals surface area contributed by atoms with E-state index in [4.69, 9.17) is 42.6 Å². The van der Waals surface area contributed by atoms with E-state index < -0.39 is 78.3 Å². The minimum atomic E-state index is -1.38. The topological polar surface area (TPSA) is 138 Å². The van der Waals surface area contributed by atoms with E-state index in [1.54, 1.807) is 42.5 Å². The van der Waals surface area contributed by atoms with Gasteiger partial charge in [-0.1, -0.05) is 182 Å². The fraction of sp³-hybridized carbons (Fsp3) is 0.274. The first-order valence-electron chi connectivity index (χ1n) is 25.5. The van der Waals surface area contributed by atoms with Crippen molar-refractivity contribution in [3.05, 3.63) is 245 Å². The molecule has 0 N–H and O–H groups in total. The van der Waals surface area contributed by atoms with Crippen molar-refractivity contribution in [2.24, 2.45) is 0 Å². The molecule has 0 aromatic heterocycles. The number of thioether (sulfide) groups is 1. The number of rotatable bonds is 17. The van der Waals surface area contributed by atoms with Gasteiger partial charge in [-0.2, -0.15) is 0 Å². The molecule has 388 valence electrons. The molecule has 10 atom stereocenters. The summed E-state index contributed by atoms with van der Waals surface area (Å²) in [7, 11) is 0. The Morgan fingerprint density at radius 2 is 0.934 bits per heavy atom. The van der Waals surface area contributed by atoms with E-state index in [1.807, 2.05) is 158 Å². The third-order valence-corrected chi connectivity index (χ3v) is 15.1. The molecule has 0 saturated carbocycles. The van der Waals surface area contributed by atoms with Crippen molar-refractivity contribution in [3.63, 3.8) is 0 Å². The maximum Gasteiger partial charge on any atom is 0.338 e. The molecule has 0 unspecified atom stereocenters. The van der Waals surface area contributed by atoms with Gasteiger partial charge in [0.25, 0.3) is 11.8 Å². The molecule has 4 heterocycles. The number of benzene rings is 7. The minimum absolute atomic E-state index is 0.0472. The molecule has 0 spiro atoms. The number of imide groups is 1. The molecule has 2 fully saturated rings. The van der Waals surface area contributed by atoms with Crippen LogP contribution in [0.25, 0.3) is 0 Å². The van der Waals surface area contributed by atoms with Gasteiger partial charge in [-0.3, -0.25) is 14.5 Å². The fourth-order valence-electron chi connectivity index (χ4n) is 10.1. The Morgan fingerprint density at radius 1 is 0.461 bits per heavy atom. The van der Waals surface area contributed by atoms with Crippen molar-refractivity contribution in [2.45, 2.75) is 98.4 Å².